The molecule has 1 N–H and O–H groups in total. The molecule has 0 fully saturated rings. The van der Waals surface area contributed by atoms with Gasteiger partial charge in [0.1, 0.15) is 0 Å². The predicted octanol–water partition coefficient (Wildman–Crippen LogP) is 4.90. The van der Waals surface area contributed by atoms with E-state index in [2.05, 4.69) is 15.5 Å². The van der Waals surface area contributed by atoms with Gasteiger partial charge in [0.2, 0.25) is 5.13 Å². The van der Waals surface area contributed by atoms with E-state index >= 15 is 0 Å². The molecule has 3 aromatic rings. The molecule has 146 valence electrons. The second kappa shape index (κ2) is 9.77. The van der Waals surface area contributed by atoms with Crippen molar-refractivity contribution in [1.82, 2.24) is 10.2 Å². The third-order valence-corrected chi connectivity index (χ3v) is 6.08. The molecule has 0 spiro atoms. The van der Waals surface area contributed by atoms with E-state index in [9.17, 15) is 4.79 Å². The van der Waals surface area contributed by atoms with Crippen molar-refractivity contribution in [2.45, 2.75) is 23.1 Å². The molecule has 2 aromatic carbocycles. The van der Waals surface area contributed by atoms with Gasteiger partial charge in [-0.3, -0.25) is 10.1 Å². The third kappa shape index (κ3) is 5.37. The van der Waals surface area contributed by atoms with Crippen LogP contribution in [-0.2, 0) is 10.5 Å². The summed E-state index contributed by atoms with van der Waals surface area (Å²) in [5, 5.41) is 12.0. The molecular formula is C19H18ClN3O3S2. The summed E-state index contributed by atoms with van der Waals surface area (Å²) in [7, 11) is 1.55. The van der Waals surface area contributed by atoms with Gasteiger partial charge in [0, 0.05) is 10.8 Å². The van der Waals surface area contributed by atoms with Crippen molar-refractivity contribution >= 4 is 45.7 Å². The van der Waals surface area contributed by atoms with E-state index < -0.39 is 6.10 Å². The number of halogens is 1. The number of rotatable bonds is 8. The Bertz CT molecular complexity index is 951. The number of anilines is 1. The fraction of sp³-hybridized carbons (Fsp3) is 0.211. The van der Waals surface area contributed by atoms with Gasteiger partial charge in [-0.15, -0.1) is 10.2 Å². The highest BCUT2D eigenvalue weighted by atomic mass is 35.5. The maximum atomic E-state index is 12.4. The number of carbonyl (C=O) groups excluding carboxylic acids is 1. The molecule has 0 aliphatic carbocycles. The maximum Gasteiger partial charge on any atom is 0.266 e. The second-order valence-corrected chi connectivity index (χ2v) is 8.26. The van der Waals surface area contributed by atoms with Crippen molar-refractivity contribution in [3.63, 3.8) is 0 Å². The van der Waals surface area contributed by atoms with Gasteiger partial charge in [-0.1, -0.05) is 65.0 Å². The highest BCUT2D eigenvalue weighted by Gasteiger charge is 2.18. The summed E-state index contributed by atoms with van der Waals surface area (Å²) >= 11 is 8.98. The highest BCUT2D eigenvalue weighted by Crippen LogP contribution is 2.31. The van der Waals surface area contributed by atoms with Crippen LogP contribution in [0.5, 0.6) is 11.5 Å². The van der Waals surface area contributed by atoms with Gasteiger partial charge in [-0.05, 0) is 30.7 Å². The van der Waals surface area contributed by atoms with E-state index in [-0.39, 0.29) is 5.91 Å². The summed E-state index contributed by atoms with van der Waals surface area (Å²) in [5.41, 5.74) is 1.02. The van der Waals surface area contributed by atoms with Crippen LogP contribution in [0.1, 0.15) is 12.5 Å². The van der Waals surface area contributed by atoms with E-state index in [1.807, 2.05) is 36.4 Å². The smallest absolute Gasteiger partial charge is 0.266 e. The number of methoxy groups -OCH3 is 1. The Morgan fingerprint density at radius 3 is 2.64 bits per heavy atom. The minimum absolute atomic E-state index is 0.315. The number of hydrogen-bond acceptors (Lipinski definition) is 7. The normalized spacial score (nSPS) is 11.7. The molecule has 0 aliphatic heterocycles. The number of amides is 1. The largest absolute Gasteiger partial charge is 0.493 e. The van der Waals surface area contributed by atoms with Crippen LogP contribution in [-0.4, -0.2) is 29.3 Å². The van der Waals surface area contributed by atoms with Crippen LogP contribution in [0, 0.1) is 0 Å². The lowest BCUT2D eigenvalue weighted by molar-refractivity contribution is -0.122. The van der Waals surface area contributed by atoms with Crippen molar-refractivity contribution in [3.05, 3.63) is 59.1 Å². The summed E-state index contributed by atoms with van der Waals surface area (Å²) in [6.45, 7) is 1.66. The molecule has 9 heteroatoms. The van der Waals surface area contributed by atoms with Gasteiger partial charge in [-0.2, -0.15) is 0 Å². The van der Waals surface area contributed by atoms with E-state index in [1.165, 1.54) is 23.1 Å². The first-order valence-corrected chi connectivity index (χ1v) is 10.5. The van der Waals surface area contributed by atoms with Crippen LogP contribution >= 0.6 is 34.7 Å². The number of hydrogen-bond donors (Lipinski definition) is 1. The van der Waals surface area contributed by atoms with Crippen LogP contribution in [0.4, 0.5) is 5.13 Å². The number of benzene rings is 2. The number of nitrogens with one attached hydrogen (secondary N) is 1. The monoisotopic (exact) mass is 435 g/mol. The molecule has 1 heterocycles. The molecule has 1 atom stereocenters. The van der Waals surface area contributed by atoms with Crippen LogP contribution in [0.15, 0.2) is 52.9 Å². The Morgan fingerprint density at radius 2 is 1.89 bits per heavy atom. The van der Waals surface area contributed by atoms with Crippen molar-refractivity contribution in [1.29, 1.82) is 0 Å². The number of thioether (sulfide) groups is 1. The van der Waals surface area contributed by atoms with E-state index in [0.717, 1.165) is 14.9 Å². The first kappa shape index (κ1) is 20.4. The lowest BCUT2D eigenvalue weighted by Crippen LogP contribution is -2.30. The fourth-order valence-corrected chi connectivity index (χ4v) is 4.28. The van der Waals surface area contributed by atoms with Crippen molar-refractivity contribution in [2.75, 3.05) is 12.4 Å². The Hall–Kier alpha value is -2.29. The number of ether oxygens (including phenoxy) is 2. The Labute approximate surface area is 176 Å². The van der Waals surface area contributed by atoms with Crippen LogP contribution in [0.2, 0.25) is 5.02 Å². The quantitative estimate of drug-likeness (QED) is 0.400. The van der Waals surface area contributed by atoms with Gasteiger partial charge in [0.15, 0.2) is 21.9 Å². The summed E-state index contributed by atoms with van der Waals surface area (Å²) in [6, 6.07) is 14.8. The zero-order valence-electron chi connectivity index (χ0n) is 15.2. The first-order valence-electron chi connectivity index (χ1n) is 8.37. The number of aromatic nitrogens is 2. The van der Waals surface area contributed by atoms with Crippen LogP contribution in [0.25, 0.3) is 0 Å². The van der Waals surface area contributed by atoms with E-state index in [4.69, 9.17) is 21.1 Å². The molecule has 0 aliphatic rings. The minimum Gasteiger partial charge on any atom is -0.493 e. The molecule has 0 saturated heterocycles. The first-order chi connectivity index (χ1) is 13.6. The zero-order chi connectivity index (χ0) is 19.9. The lowest BCUT2D eigenvalue weighted by atomic mass is 10.2. The molecule has 6 nitrogen and oxygen atoms in total. The molecule has 28 heavy (non-hydrogen) atoms. The van der Waals surface area contributed by atoms with Gasteiger partial charge in [0.05, 0.1) is 7.11 Å². The molecule has 0 saturated carbocycles. The number of nitrogens with zero attached hydrogens (tertiary/aromatic N) is 2. The van der Waals surface area contributed by atoms with Crippen LogP contribution < -0.4 is 14.8 Å². The highest BCUT2D eigenvalue weighted by molar-refractivity contribution is 8.00. The second-order valence-electron chi connectivity index (χ2n) is 5.65. The van der Waals surface area contributed by atoms with Gasteiger partial charge in [0.25, 0.3) is 5.91 Å². The predicted molar refractivity (Wildman–Crippen MR) is 113 cm³/mol. The average molecular weight is 436 g/mol. The molecule has 1 unspecified atom stereocenters. The average Bonchev–Trinajstić information content (AvgIpc) is 3.15. The molecule has 0 bridgehead atoms. The number of para-hydroxylation sites is 2. The van der Waals surface area contributed by atoms with Crippen LogP contribution in [0.3, 0.4) is 0 Å². The molecule has 3 rings (SSSR count). The Morgan fingerprint density at radius 1 is 1.18 bits per heavy atom. The van der Waals surface area contributed by atoms with Gasteiger partial charge >= 0.3 is 0 Å². The maximum absolute atomic E-state index is 12.4. The fourth-order valence-electron chi connectivity index (χ4n) is 2.24. The molecule has 1 aromatic heterocycles. The summed E-state index contributed by atoms with van der Waals surface area (Å²) in [4.78, 5) is 12.4. The lowest BCUT2D eigenvalue weighted by Gasteiger charge is -2.15. The van der Waals surface area contributed by atoms with Crippen molar-refractivity contribution < 1.29 is 14.3 Å². The molecular weight excluding hydrogens is 418 g/mol. The SMILES string of the molecule is COc1ccccc1OC(C)C(=O)Nc1nnc(SCc2ccccc2Cl)s1. The van der Waals surface area contributed by atoms with E-state index in [0.29, 0.717) is 22.4 Å². The standard InChI is InChI=1S/C19H18ClN3O3S2/c1-12(26-16-10-6-5-9-15(16)25-2)17(24)21-18-22-23-19(28-18)27-11-13-7-3-4-8-14(13)20/h3-10,12H,11H2,1-2H3,(H,21,22,24). The topological polar surface area (TPSA) is 73.3 Å². The van der Waals surface area contributed by atoms with Gasteiger partial charge in [-0.25, -0.2) is 0 Å². The molecule has 1 amide bonds. The van der Waals surface area contributed by atoms with Crippen molar-refractivity contribution in [3.8, 4) is 11.5 Å². The Balaban J connectivity index is 1.55. The number of carbonyl (C=O) groups is 1. The van der Waals surface area contributed by atoms with Crippen molar-refractivity contribution in [2.24, 2.45) is 0 Å². The zero-order valence-corrected chi connectivity index (χ0v) is 17.6. The summed E-state index contributed by atoms with van der Waals surface area (Å²) in [6.07, 6.45) is -0.723. The summed E-state index contributed by atoms with van der Waals surface area (Å²) < 4.78 is 11.7. The van der Waals surface area contributed by atoms with E-state index in [1.54, 1.807) is 26.2 Å². The Kier molecular flexibility index (Phi) is 7.13. The van der Waals surface area contributed by atoms with Gasteiger partial charge < -0.3 is 9.47 Å². The minimum atomic E-state index is -0.723. The third-order valence-electron chi connectivity index (χ3n) is 3.69. The summed E-state index contributed by atoms with van der Waals surface area (Å²) in [5.74, 6) is 1.43. The molecule has 0 radical (unpaired) electrons.